The molecule has 0 saturated carbocycles. The van der Waals surface area contributed by atoms with Crippen LogP contribution in [0.5, 0.6) is 0 Å². The summed E-state index contributed by atoms with van der Waals surface area (Å²) in [6.45, 7) is 1.10. The number of aromatic amines is 1. The maximum absolute atomic E-state index is 13.2. The topological polar surface area (TPSA) is 95.6 Å². The number of fused-ring (bicyclic) bond motifs is 1. The van der Waals surface area contributed by atoms with Gasteiger partial charge < -0.3 is 19.5 Å². The van der Waals surface area contributed by atoms with Gasteiger partial charge >= 0.3 is 5.97 Å². The predicted octanol–water partition coefficient (Wildman–Crippen LogP) is 0.885. The van der Waals surface area contributed by atoms with E-state index in [1.807, 2.05) is 30.3 Å². The first-order valence-corrected chi connectivity index (χ1v) is 9.28. The number of nitrogens with one attached hydrogen (secondary N) is 1. The van der Waals surface area contributed by atoms with Gasteiger partial charge in [-0.2, -0.15) is 0 Å². The molecule has 2 aliphatic rings. The number of aromatic nitrogens is 2. The average Bonchev–Trinajstić information content (AvgIpc) is 3.32. The minimum Gasteiger partial charge on any atom is -0.467 e. The lowest BCUT2D eigenvalue weighted by Gasteiger charge is -2.34. The van der Waals surface area contributed by atoms with Gasteiger partial charge in [-0.15, -0.1) is 0 Å². The zero-order chi connectivity index (χ0) is 19.7. The Kier molecular flexibility index (Phi) is 4.85. The third-order valence-corrected chi connectivity index (χ3v) is 5.44. The largest absolute Gasteiger partial charge is 0.467 e. The van der Waals surface area contributed by atoms with E-state index in [1.54, 1.807) is 11.2 Å². The van der Waals surface area contributed by atoms with E-state index in [9.17, 15) is 14.4 Å². The van der Waals surface area contributed by atoms with Gasteiger partial charge in [0.15, 0.2) is 0 Å². The number of benzene rings is 1. The molecule has 146 valence electrons. The summed E-state index contributed by atoms with van der Waals surface area (Å²) in [5.74, 6) is -1.17. The number of H-pyrrole nitrogens is 1. The van der Waals surface area contributed by atoms with Gasteiger partial charge in [-0.25, -0.2) is 9.78 Å². The zero-order valence-corrected chi connectivity index (χ0v) is 15.6. The molecular formula is C20H22N4O4. The van der Waals surface area contributed by atoms with Crippen LogP contribution in [0.2, 0.25) is 0 Å². The number of imidazole rings is 1. The van der Waals surface area contributed by atoms with Crippen LogP contribution in [0.1, 0.15) is 23.4 Å². The Hall–Kier alpha value is -3.16. The van der Waals surface area contributed by atoms with Crippen LogP contribution in [0.15, 0.2) is 36.7 Å². The lowest BCUT2D eigenvalue weighted by Crippen LogP contribution is -2.51. The summed E-state index contributed by atoms with van der Waals surface area (Å²) < 4.78 is 4.90. The van der Waals surface area contributed by atoms with Crippen molar-refractivity contribution in [2.75, 3.05) is 13.7 Å². The standard InChI is InChI=1S/C20H22N4O4/c1-28-20(27)17-8-15-16(22-12-21-15)11-24(17)19(26)14-7-18(25)23(10-14)9-13-5-3-2-4-6-13/h2-6,12,14,17H,7-11H2,1H3,(H,21,22). The van der Waals surface area contributed by atoms with Crippen molar-refractivity contribution in [3.05, 3.63) is 53.6 Å². The lowest BCUT2D eigenvalue weighted by molar-refractivity contribution is -0.155. The second-order valence-corrected chi connectivity index (χ2v) is 7.20. The monoisotopic (exact) mass is 382 g/mol. The van der Waals surface area contributed by atoms with Crippen LogP contribution in [-0.2, 0) is 38.6 Å². The van der Waals surface area contributed by atoms with E-state index in [-0.39, 0.29) is 24.8 Å². The van der Waals surface area contributed by atoms with Crippen molar-refractivity contribution < 1.29 is 19.1 Å². The van der Waals surface area contributed by atoms with Gasteiger partial charge in [0.2, 0.25) is 11.8 Å². The predicted molar refractivity (Wildman–Crippen MR) is 98.6 cm³/mol. The number of nitrogens with zero attached hydrogens (tertiary/aromatic N) is 3. The van der Waals surface area contributed by atoms with Crippen molar-refractivity contribution in [3.8, 4) is 0 Å². The maximum Gasteiger partial charge on any atom is 0.329 e. The molecule has 28 heavy (non-hydrogen) atoms. The minimum absolute atomic E-state index is 0.0453. The summed E-state index contributed by atoms with van der Waals surface area (Å²) in [5, 5.41) is 0. The molecule has 1 fully saturated rings. The molecule has 8 heteroatoms. The fourth-order valence-corrected chi connectivity index (χ4v) is 3.94. The molecule has 2 aliphatic heterocycles. The Labute approximate surface area is 162 Å². The molecule has 3 heterocycles. The van der Waals surface area contributed by atoms with Gasteiger partial charge in [0.05, 0.1) is 37.3 Å². The third-order valence-electron chi connectivity index (χ3n) is 5.44. The number of esters is 1. The molecule has 1 N–H and O–H groups in total. The van der Waals surface area contributed by atoms with E-state index in [1.165, 1.54) is 12.0 Å². The van der Waals surface area contributed by atoms with E-state index in [4.69, 9.17) is 4.74 Å². The third kappa shape index (κ3) is 3.37. The highest BCUT2D eigenvalue weighted by Crippen LogP contribution is 2.28. The van der Waals surface area contributed by atoms with Gasteiger partial charge in [0, 0.05) is 25.9 Å². The Morgan fingerprint density at radius 2 is 2.04 bits per heavy atom. The van der Waals surface area contributed by atoms with Crippen molar-refractivity contribution in [3.63, 3.8) is 0 Å². The summed E-state index contributed by atoms with van der Waals surface area (Å²) >= 11 is 0. The van der Waals surface area contributed by atoms with E-state index >= 15 is 0 Å². The molecule has 1 aromatic heterocycles. The SMILES string of the molecule is COC(=O)C1Cc2nc[nH]c2CN1C(=O)C1CC(=O)N(Cc2ccccc2)C1. The van der Waals surface area contributed by atoms with E-state index in [0.29, 0.717) is 19.5 Å². The first kappa shape index (κ1) is 18.2. The summed E-state index contributed by atoms with van der Waals surface area (Å²) in [7, 11) is 1.31. The Bertz CT molecular complexity index is 895. The number of rotatable bonds is 4. The van der Waals surface area contributed by atoms with E-state index in [0.717, 1.165) is 17.0 Å². The molecule has 2 atom stereocenters. The van der Waals surface area contributed by atoms with Gasteiger partial charge in [0.1, 0.15) is 6.04 Å². The highest BCUT2D eigenvalue weighted by atomic mass is 16.5. The van der Waals surface area contributed by atoms with E-state index < -0.39 is 17.9 Å². The number of hydrogen-bond acceptors (Lipinski definition) is 5. The fourth-order valence-electron chi connectivity index (χ4n) is 3.94. The number of hydrogen-bond donors (Lipinski definition) is 1. The van der Waals surface area contributed by atoms with Crippen LogP contribution in [0, 0.1) is 5.92 Å². The van der Waals surface area contributed by atoms with Crippen molar-refractivity contribution in [2.24, 2.45) is 5.92 Å². The molecule has 2 amide bonds. The molecule has 2 aromatic rings. The average molecular weight is 382 g/mol. The van der Waals surface area contributed by atoms with Crippen molar-refractivity contribution >= 4 is 17.8 Å². The smallest absolute Gasteiger partial charge is 0.329 e. The van der Waals surface area contributed by atoms with Gasteiger partial charge in [-0.05, 0) is 5.56 Å². The fraction of sp³-hybridized carbons (Fsp3) is 0.400. The lowest BCUT2D eigenvalue weighted by atomic mass is 9.99. The summed E-state index contributed by atoms with van der Waals surface area (Å²) in [6.07, 6.45) is 2.03. The first-order chi connectivity index (χ1) is 13.6. The normalized spacial score (nSPS) is 21.5. The second kappa shape index (κ2) is 7.46. The number of likely N-dealkylation sites (tertiary alicyclic amines) is 1. The first-order valence-electron chi connectivity index (χ1n) is 9.28. The Balaban J connectivity index is 1.50. The van der Waals surface area contributed by atoms with Gasteiger partial charge in [-0.1, -0.05) is 30.3 Å². The molecule has 2 unspecified atom stereocenters. The number of carbonyl (C=O) groups excluding carboxylic acids is 3. The summed E-state index contributed by atoms with van der Waals surface area (Å²) in [5.41, 5.74) is 2.61. The van der Waals surface area contributed by atoms with Crippen LogP contribution in [0.3, 0.4) is 0 Å². The summed E-state index contributed by atoms with van der Waals surface area (Å²) in [6, 6.07) is 8.98. The number of amides is 2. The molecule has 1 aromatic carbocycles. The van der Waals surface area contributed by atoms with Crippen LogP contribution >= 0.6 is 0 Å². The Morgan fingerprint density at radius 3 is 2.79 bits per heavy atom. The summed E-state index contributed by atoms with van der Waals surface area (Å²) in [4.78, 5) is 48.4. The van der Waals surface area contributed by atoms with Crippen LogP contribution in [-0.4, -0.2) is 57.2 Å². The molecule has 0 aliphatic carbocycles. The molecule has 8 nitrogen and oxygen atoms in total. The number of carbonyl (C=O) groups is 3. The zero-order valence-electron chi connectivity index (χ0n) is 15.6. The van der Waals surface area contributed by atoms with Crippen molar-refractivity contribution in [2.45, 2.75) is 32.0 Å². The van der Waals surface area contributed by atoms with Crippen LogP contribution in [0.4, 0.5) is 0 Å². The molecule has 1 saturated heterocycles. The molecule has 0 radical (unpaired) electrons. The van der Waals surface area contributed by atoms with E-state index in [2.05, 4.69) is 9.97 Å². The van der Waals surface area contributed by atoms with Crippen molar-refractivity contribution in [1.29, 1.82) is 0 Å². The highest BCUT2D eigenvalue weighted by molar-refractivity contribution is 5.92. The second-order valence-electron chi connectivity index (χ2n) is 7.20. The maximum atomic E-state index is 13.2. The van der Waals surface area contributed by atoms with Gasteiger partial charge in [0.25, 0.3) is 0 Å². The quantitative estimate of drug-likeness (QED) is 0.792. The van der Waals surface area contributed by atoms with Crippen molar-refractivity contribution in [1.82, 2.24) is 19.8 Å². The Morgan fingerprint density at radius 1 is 1.25 bits per heavy atom. The molecular weight excluding hydrogens is 360 g/mol. The number of ether oxygens (including phenoxy) is 1. The molecule has 0 spiro atoms. The van der Waals surface area contributed by atoms with Crippen LogP contribution in [0.25, 0.3) is 0 Å². The molecule has 4 rings (SSSR count). The van der Waals surface area contributed by atoms with Crippen LogP contribution < -0.4 is 0 Å². The molecule has 0 bridgehead atoms. The highest BCUT2D eigenvalue weighted by Gasteiger charge is 2.42. The number of methoxy groups -OCH3 is 1. The minimum atomic E-state index is -0.716. The van der Waals surface area contributed by atoms with Gasteiger partial charge in [-0.3, -0.25) is 9.59 Å².